The van der Waals surface area contributed by atoms with Gasteiger partial charge < -0.3 is 15.4 Å². The number of amides is 2. The first-order valence-electron chi connectivity index (χ1n) is 8.52. The van der Waals surface area contributed by atoms with E-state index in [4.69, 9.17) is 4.74 Å². The standard InChI is InChI=1S/C18H22N4O3/c1-2-17(23)20-16-11-15(18(24)19-12-14-9-6-10-25-14)21-22(16)13-7-4-3-5-8-13/h3-5,7-8,11,14H,2,6,9-10,12H2,1H3,(H,19,24)(H,20,23). The summed E-state index contributed by atoms with van der Waals surface area (Å²) < 4.78 is 7.07. The van der Waals surface area contributed by atoms with Crippen LogP contribution >= 0.6 is 0 Å². The normalized spacial score (nSPS) is 16.6. The molecule has 7 nitrogen and oxygen atoms in total. The quantitative estimate of drug-likeness (QED) is 0.842. The lowest BCUT2D eigenvalue weighted by molar-refractivity contribution is -0.115. The van der Waals surface area contributed by atoms with Crippen molar-refractivity contribution in [1.82, 2.24) is 15.1 Å². The summed E-state index contributed by atoms with van der Waals surface area (Å²) in [5.41, 5.74) is 1.03. The van der Waals surface area contributed by atoms with E-state index < -0.39 is 0 Å². The lowest BCUT2D eigenvalue weighted by atomic mass is 10.2. The van der Waals surface area contributed by atoms with E-state index in [1.807, 2.05) is 30.3 Å². The molecule has 2 amide bonds. The van der Waals surface area contributed by atoms with Crippen molar-refractivity contribution < 1.29 is 14.3 Å². The van der Waals surface area contributed by atoms with E-state index in [-0.39, 0.29) is 23.6 Å². The van der Waals surface area contributed by atoms with Crippen LogP contribution in [0.3, 0.4) is 0 Å². The number of hydrogen-bond acceptors (Lipinski definition) is 4. The molecule has 7 heteroatoms. The van der Waals surface area contributed by atoms with Crippen molar-refractivity contribution in [3.8, 4) is 5.69 Å². The Kier molecular flexibility index (Phi) is 5.45. The molecular weight excluding hydrogens is 320 g/mol. The Hall–Kier alpha value is -2.67. The van der Waals surface area contributed by atoms with Gasteiger partial charge in [0.05, 0.1) is 11.8 Å². The molecule has 1 saturated heterocycles. The van der Waals surface area contributed by atoms with Gasteiger partial charge in [0, 0.05) is 25.6 Å². The fourth-order valence-electron chi connectivity index (χ4n) is 2.68. The highest BCUT2D eigenvalue weighted by Crippen LogP contribution is 2.18. The molecule has 0 bridgehead atoms. The molecule has 1 atom stereocenters. The third-order valence-electron chi connectivity index (χ3n) is 4.05. The maximum Gasteiger partial charge on any atom is 0.271 e. The molecule has 2 heterocycles. The van der Waals surface area contributed by atoms with Gasteiger partial charge >= 0.3 is 0 Å². The van der Waals surface area contributed by atoms with Crippen LogP contribution in [-0.4, -0.2) is 40.9 Å². The van der Waals surface area contributed by atoms with Gasteiger partial charge in [0.15, 0.2) is 5.69 Å². The molecule has 0 aliphatic carbocycles. The number of carbonyl (C=O) groups excluding carboxylic acids is 2. The van der Waals surface area contributed by atoms with Gasteiger partial charge in [-0.1, -0.05) is 25.1 Å². The zero-order chi connectivity index (χ0) is 17.6. The number of rotatable bonds is 6. The first kappa shape index (κ1) is 17.2. The number of para-hydroxylation sites is 1. The number of carbonyl (C=O) groups is 2. The average Bonchev–Trinajstić information content (AvgIpc) is 3.30. The molecular formula is C18H22N4O3. The van der Waals surface area contributed by atoms with Crippen molar-refractivity contribution >= 4 is 17.6 Å². The molecule has 25 heavy (non-hydrogen) atoms. The molecule has 1 aliphatic rings. The smallest absolute Gasteiger partial charge is 0.271 e. The summed E-state index contributed by atoms with van der Waals surface area (Å²) in [6.45, 7) is 2.98. The lowest BCUT2D eigenvalue weighted by Crippen LogP contribution is -2.32. The van der Waals surface area contributed by atoms with E-state index in [1.165, 1.54) is 0 Å². The molecule has 2 N–H and O–H groups in total. The predicted octanol–water partition coefficient (Wildman–Crippen LogP) is 2.13. The van der Waals surface area contributed by atoms with E-state index >= 15 is 0 Å². The third-order valence-corrected chi connectivity index (χ3v) is 4.05. The topological polar surface area (TPSA) is 85.2 Å². The second-order valence-electron chi connectivity index (χ2n) is 5.91. The molecule has 2 aromatic rings. The monoisotopic (exact) mass is 342 g/mol. The van der Waals surface area contributed by atoms with E-state index in [2.05, 4.69) is 15.7 Å². The summed E-state index contributed by atoms with van der Waals surface area (Å²) in [5.74, 6) is 0.0564. The molecule has 0 saturated carbocycles. The Balaban J connectivity index is 1.79. The number of anilines is 1. The van der Waals surface area contributed by atoms with Crippen molar-refractivity contribution in [1.29, 1.82) is 0 Å². The second-order valence-corrected chi connectivity index (χ2v) is 5.91. The lowest BCUT2D eigenvalue weighted by Gasteiger charge is -2.09. The van der Waals surface area contributed by atoms with Crippen LogP contribution in [0.15, 0.2) is 36.4 Å². The molecule has 1 aliphatic heterocycles. The van der Waals surface area contributed by atoms with Gasteiger partial charge in [0.1, 0.15) is 5.82 Å². The van der Waals surface area contributed by atoms with E-state index in [9.17, 15) is 9.59 Å². The molecule has 0 spiro atoms. The van der Waals surface area contributed by atoms with Gasteiger partial charge in [-0.25, -0.2) is 4.68 Å². The Morgan fingerprint density at radius 2 is 2.12 bits per heavy atom. The van der Waals surface area contributed by atoms with Crippen LogP contribution in [0.25, 0.3) is 5.69 Å². The first-order chi connectivity index (χ1) is 12.2. The van der Waals surface area contributed by atoms with Gasteiger partial charge in [-0.05, 0) is 25.0 Å². The van der Waals surface area contributed by atoms with Crippen LogP contribution in [0.4, 0.5) is 5.82 Å². The van der Waals surface area contributed by atoms with Crippen molar-refractivity contribution in [3.05, 3.63) is 42.1 Å². The van der Waals surface area contributed by atoms with Crippen LogP contribution in [0.5, 0.6) is 0 Å². The fraction of sp³-hybridized carbons (Fsp3) is 0.389. The molecule has 1 aromatic carbocycles. The van der Waals surface area contributed by atoms with Crippen LogP contribution in [-0.2, 0) is 9.53 Å². The van der Waals surface area contributed by atoms with Gasteiger partial charge in [0.25, 0.3) is 5.91 Å². The number of hydrogen-bond donors (Lipinski definition) is 2. The Bertz CT molecular complexity index is 736. The Morgan fingerprint density at radius 3 is 2.80 bits per heavy atom. The average molecular weight is 342 g/mol. The van der Waals surface area contributed by atoms with Crippen molar-refractivity contribution in [2.75, 3.05) is 18.5 Å². The maximum atomic E-state index is 12.4. The van der Waals surface area contributed by atoms with Crippen LogP contribution in [0, 0.1) is 0 Å². The van der Waals surface area contributed by atoms with Crippen LogP contribution in [0.2, 0.25) is 0 Å². The number of nitrogens with zero attached hydrogens (tertiary/aromatic N) is 2. The largest absolute Gasteiger partial charge is 0.376 e. The zero-order valence-corrected chi connectivity index (χ0v) is 14.2. The summed E-state index contributed by atoms with van der Waals surface area (Å²) >= 11 is 0. The summed E-state index contributed by atoms with van der Waals surface area (Å²) in [4.78, 5) is 24.2. The molecule has 1 aromatic heterocycles. The molecule has 1 fully saturated rings. The second kappa shape index (κ2) is 7.94. The number of nitrogens with one attached hydrogen (secondary N) is 2. The minimum absolute atomic E-state index is 0.0689. The van der Waals surface area contributed by atoms with E-state index in [1.54, 1.807) is 17.7 Å². The summed E-state index contributed by atoms with van der Waals surface area (Å²) in [7, 11) is 0. The van der Waals surface area contributed by atoms with Gasteiger partial charge in [0.2, 0.25) is 5.91 Å². The summed E-state index contributed by atoms with van der Waals surface area (Å²) in [6.07, 6.45) is 2.40. The SMILES string of the molecule is CCC(=O)Nc1cc(C(=O)NCC2CCCO2)nn1-c1ccccc1. The van der Waals surface area contributed by atoms with Crippen molar-refractivity contribution in [2.24, 2.45) is 0 Å². The predicted molar refractivity (Wildman–Crippen MR) is 93.8 cm³/mol. The zero-order valence-electron chi connectivity index (χ0n) is 14.2. The van der Waals surface area contributed by atoms with Gasteiger partial charge in [-0.3, -0.25) is 9.59 Å². The minimum atomic E-state index is -0.280. The van der Waals surface area contributed by atoms with E-state index in [0.29, 0.717) is 18.8 Å². The molecule has 3 rings (SSSR count). The van der Waals surface area contributed by atoms with Crippen LogP contribution < -0.4 is 10.6 Å². The summed E-state index contributed by atoms with van der Waals surface area (Å²) in [5, 5.41) is 10.00. The fourth-order valence-corrected chi connectivity index (χ4v) is 2.68. The highest BCUT2D eigenvalue weighted by Gasteiger charge is 2.20. The molecule has 132 valence electrons. The molecule has 0 radical (unpaired) electrons. The maximum absolute atomic E-state index is 12.4. The first-order valence-corrected chi connectivity index (χ1v) is 8.52. The number of ether oxygens (including phenoxy) is 1. The van der Waals surface area contributed by atoms with Crippen LogP contribution in [0.1, 0.15) is 36.7 Å². The third kappa shape index (κ3) is 4.24. The van der Waals surface area contributed by atoms with Gasteiger partial charge in [-0.15, -0.1) is 0 Å². The van der Waals surface area contributed by atoms with Crippen molar-refractivity contribution in [2.45, 2.75) is 32.3 Å². The highest BCUT2D eigenvalue weighted by atomic mass is 16.5. The van der Waals surface area contributed by atoms with Crippen molar-refractivity contribution in [3.63, 3.8) is 0 Å². The van der Waals surface area contributed by atoms with E-state index in [0.717, 1.165) is 25.1 Å². The summed E-state index contributed by atoms with van der Waals surface area (Å²) in [6, 6.07) is 11.0. The Morgan fingerprint density at radius 1 is 1.32 bits per heavy atom. The minimum Gasteiger partial charge on any atom is -0.376 e. The molecule has 1 unspecified atom stereocenters. The highest BCUT2D eigenvalue weighted by molar-refractivity contribution is 5.95. The van der Waals surface area contributed by atoms with Gasteiger partial charge in [-0.2, -0.15) is 5.10 Å². The number of benzene rings is 1. The number of aromatic nitrogens is 2. The Labute approximate surface area is 146 Å².